The van der Waals surface area contributed by atoms with Crippen molar-refractivity contribution >= 4 is 35.4 Å². The number of hydrogen-bond acceptors (Lipinski definition) is 6. The molecule has 1 saturated heterocycles. The fraction of sp³-hybridized carbons (Fsp3) is 0.636. The van der Waals surface area contributed by atoms with Gasteiger partial charge in [-0.05, 0) is 13.8 Å². The van der Waals surface area contributed by atoms with E-state index in [4.69, 9.17) is 5.73 Å². The number of carboxylic acid groups (broad SMARTS) is 1. The monoisotopic (exact) mass is 304 g/mol. The molecule has 2 rings (SSSR count). The number of carbonyl (C=O) groups is 2. The van der Waals surface area contributed by atoms with Crippen LogP contribution in [0.25, 0.3) is 0 Å². The number of nitrogens with two attached hydrogens (primary N) is 1. The van der Waals surface area contributed by atoms with Crippen molar-refractivity contribution in [2.24, 2.45) is 11.7 Å². The number of carbonyl (C=O) groups excluding carboxylic acids is 1. The minimum atomic E-state index is -1.15. The zero-order valence-corrected chi connectivity index (χ0v) is 12.3. The van der Waals surface area contributed by atoms with E-state index in [9.17, 15) is 19.8 Å². The van der Waals surface area contributed by atoms with Crippen LogP contribution < -0.4 is 5.73 Å². The van der Waals surface area contributed by atoms with Gasteiger partial charge in [0.05, 0.1) is 15.8 Å². The molecule has 0 spiro atoms. The molecule has 2 atom stereocenters. The summed E-state index contributed by atoms with van der Waals surface area (Å²) >= 11 is 2.67. The highest BCUT2D eigenvalue weighted by atomic mass is 32.2. The second-order valence-electron chi connectivity index (χ2n) is 4.93. The summed E-state index contributed by atoms with van der Waals surface area (Å²) in [6.07, 6.45) is 0. The molecule has 106 valence electrons. The van der Waals surface area contributed by atoms with Gasteiger partial charge >= 0.3 is 5.97 Å². The highest BCUT2D eigenvalue weighted by Crippen LogP contribution is 2.55. The van der Waals surface area contributed by atoms with E-state index in [1.54, 1.807) is 13.8 Å². The summed E-state index contributed by atoms with van der Waals surface area (Å²) in [6, 6.07) is 0. The smallest absolute Gasteiger partial charge is 0.354 e. The third kappa shape index (κ3) is 2.37. The lowest BCUT2D eigenvalue weighted by Gasteiger charge is -2.47. The predicted molar refractivity (Wildman–Crippen MR) is 74.2 cm³/mol. The Morgan fingerprint density at radius 1 is 1.58 bits per heavy atom. The molecule has 1 unspecified atom stereocenters. The van der Waals surface area contributed by atoms with Gasteiger partial charge in [0.1, 0.15) is 5.37 Å². The summed E-state index contributed by atoms with van der Waals surface area (Å²) in [5, 5.41) is 18.9. The van der Waals surface area contributed by atoms with Crippen LogP contribution in [0.5, 0.6) is 0 Å². The van der Waals surface area contributed by atoms with Crippen molar-refractivity contribution in [1.82, 2.24) is 4.90 Å². The van der Waals surface area contributed by atoms with E-state index in [0.717, 1.165) is 0 Å². The van der Waals surface area contributed by atoms with Crippen LogP contribution in [0.1, 0.15) is 13.8 Å². The Labute approximate surface area is 119 Å². The van der Waals surface area contributed by atoms with Gasteiger partial charge < -0.3 is 15.9 Å². The summed E-state index contributed by atoms with van der Waals surface area (Å²) in [4.78, 5) is 24.6. The minimum absolute atomic E-state index is 0.0268. The van der Waals surface area contributed by atoms with Crippen LogP contribution in [0.2, 0.25) is 0 Å². The Morgan fingerprint density at radius 3 is 2.68 bits per heavy atom. The molecule has 8 heteroatoms. The van der Waals surface area contributed by atoms with Gasteiger partial charge in [-0.25, -0.2) is 4.79 Å². The maximum atomic E-state index is 12.0. The van der Waals surface area contributed by atoms with Gasteiger partial charge in [-0.15, -0.1) is 11.8 Å². The number of amides is 1. The average molecular weight is 304 g/mol. The van der Waals surface area contributed by atoms with Crippen LogP contribution in [0.15, 0.2) is 9.93 Å². The van der Waals surface area contributed by atoms with Crippen LogP contribution in [-0.2, 0) is 9.59 Å². The number of aliphatic hydroxyl groups is 1. The zero-order valence-electron chi connectivity index (χ0n) is 10.6. The minimum Gasteiger partial charge on any atom is -0.477 e. The summed E-state index contributed by atoms with van der Waals surface area (Å²) in [5.41, 5.74) is 4.29. The molecule has 2 heterocycles. The Kier molecular flexibility index (Phi) is 3.87. The summed E-state index contributed by atoms with van der Waals surface area (Å²) in [7, 11) is 0. The van der Waals surface area contributed by atoms with Gasteiger partial charge in [-0.2, -0.15) is 0 Å². The van der Waals surface area contributed by atoms with E-state index in [1.165, 1.54) is 28.4 Å². The molecule has 19 heavy (non-hydrogen) atoms. The number of hydrogen-bond donors (Lipinski definition) is 3. The van der Waals surface area contributed by atoms with Crippen molar-refractivity contribution in [1.29, 1.82) is 0 Å². The molecular formula is C11H16N2O4S2. The first kappa shape index (κ1) is 14.7. The van der Waals surface area contributed by atoms with Crippen molar-refractivity contribution in [3.05, 3.63) is 9.93 Å². The lowest BCUT2D eigenvalue weighted by Crippen LogP contribution is -2.64. The van der Waals surface area contributed by atoms with Gasteiger partial charge in [0.2, 0.25) is 5.91 Å². The van der Waals surface area contributed by atoms with E-state index in [2.05, 4.69) is 0 Å². The zero-order chi connectivity index (χ0) is 14.4. The highest BCUT2D eigenvalue weighted by Gasteiger charge is 2.60. The van der Waals surface area contributed by atoms with Crippen molar-refractivity contribution in [2.45, 2.75) is 24.8 Å². The molecule has 0 aliphatic carbocycles. The van der Waals surface area contributed by atoms with Crippen molar-refractivity contribution in [2.75, 3.05) is 12.3 Å². The topological polar surface area (TPSA) is 104 Å². The Hall–Kier alpha value is -0.700. The number of fused-ring (bicyclic) bond motifs is 1. The summed E-state index contributed by atoms with van der Waals surface area (Å²) in [5.74, 6) is -1.41. The Bertz CT molecular complexity index is 458. The van der Waals surface area contributed by atoms with Crippen LogP contribution in [0.3, 0.4) is 0 Å². The van der Waals surface area contributed by atoms with Crippen LogP contribution in [0, 0.1) is 5.92 Å². The second kappa shape index (κ2) is 5.01. The maximum absolute atomic E-state index is 12.0. The van der Waals surface area contributed by atoms with Gasteiger partial charge in [-0.3, -0.25) is 9.69 Å². The lowest BCUT2D eigenvalue weighted by atomic mass is 9.83. The SMILES string of the molecule is CC(C)(O)C1C(=O)N2C(C(=O)O)=C(SCCN)S[C@H]12. The molecule has 0 bridgehead atoms. The molecule has 0 aromatic carbocycles. The first-order valence-electron chi connectivity index (χ1n) is 5.81. The highest BCUT2D eigenvalue weighted by molar-refractivity contribution is 8.22. The van der Waals surface area contributed by atoms with Gasteiger partial charge in [0.25, 0.3) is 0 Å². The Balaban J connectivity index is 2.24. The molecule has 2 aliphatic heterocycles. The number of rotatable bonds is 5. The van der Waals surface area contributed by atoms with Gasteiger partial charge in [0, 0.05) is 12.3 Å². The fourth-order valence-electron chi connectivity index (χ4n) is 2.18. The quantitative estimate of drug-likeness (QED) is 0.625. The second-order valence-corrected chi connectivity index (χ2v) is 7.42. The molecule has 0 saturated carbocycles. The van der Waals surface area contributed by atoms with E-state index < -0.39 is 17.5 Å². The van der Waals surface area contributed by atoms with Crippen molar-refractivity contribution in [3.8, 4) is 0 Å². The van der Waals surface area contributed by atoms with E-state index >= 15 is 0 Å². The third-order valence-corrected chi connectivity index (χ3v) is 5.69. The first-order chi connectivity index (χ1) is 8.79. The van der Waals surface area contributed by atoms with E-state index in [-0.39, 0.29) is 17.0 Å². The van der Waals surface area contributed by atoms with E-state index in [0.29, 0.717) is 16.5 Å². The number of nitrogens with zero attached hydrogens (tertiary/aromatic N) is 1. The molecular weight excluding hydrogens is 288 g/mol. The fourth-order valence-corrected chi connectivity index (χ4v) is 5.04. The Morgan fingerprint density at radius 2 is 2.21 bits per heavy atom. The van der Waals surface area contributed by atoms with Crippen LogP contribution in [-0.4, -0.2) is 50.3 Å². The molecule has 0 aromatic heterocycles. The summed E-state index contributed by atoms with van der Waals surface area (Å²) < 4.78 is 0.600. The molecule has 1 fully saturated rings. The van der Waals surface area contributed by atoms with Crippen LogP contribution >= 0.6 is 23.5 Å². The number of β-lactam (4-membered cyclic amide) rings is 1. The third-order valence-electron chi connectivity index (χ3n) is 3.02. The molecule has 4 N–H and O–H groups in total. The van der Waals surface area contributed by atoms with Gasteiger partial charge in [-0.1, -0.05) is 11.8 Å². The van der Waals surface area contributed by atoms with Crippen molar-refractivity contribution in [3.63, 3.8) is 0 Å². The number of thioether (sulfide) groups is 2. The van der Waals surface area contributed by atoms with Crippen molar-refractivity contribution < 1.29 is 19.8 Å². The van der Waals surface area contributed by atoms with Crippen LogP contribution in [0.4, 0.5) is 0 Å². The molecule has 0 aromatic rings. The number of carboxylic acids is 1. The molecule has 0 radical (unpaired) electrons. The maximum Gasteiger partial charge on any atom is 0.354 e. The van der Waals surface area contributed by atoms with E-state index in [1.807, 2.05) is 0 Å². The molecule has 1 amide bonds. The predicted octanol–water partition coefficient (Wildman–Crippen LogP) is 0.234. The standard InChI is InChI=1S/C11H16N2O4S2/c1-11(2,17)5-7(14)13-6(9(15)16)10(18-4-3-12)19-8(5)13/h5,8,17H,3-4,12H2,1-2H3,(H,15,16)/t5?,8-/m1/s1. The number of aliphatic carboxylic acids is 1. The normalized spacial score (nSPS) is 26.5. The average Bonchev–Trinajstić information content (AvgIpc) is 2.58. The molecule has 6 nitrogen and oxygen atoms in total. The lowest BCUT2D eigenvalue weighted by molar-refractivity contribution is -0.163. The first-order valence-corrected chi connectivity index (χ1v) is 7.68. The summed E-state index contributed by atoms with van der Waals surface area (Å²) in [6.45, 7) is 3.58. The van der Waals surface area contributed by atoms with Gasteiger partial charge in [0.15, 0.2) is 5.70 Å². The largest absolute Gasteiger partial charge is 0.477 e. The molecule has 2 aliphatic rings.